The van der Waals surface area contributed by atoms with E-state index in [9.17, 15) is 9.90 Å². The molecule has 0 atom stereocenters. The van der Waals surface area contributed by atoms with Crippen molar-refractivity contribution in [3.63, 3.8) is 0 Å². The van der Waals surface area contributed by atoms with E-state index in [1.165, 1.54) is 23.1 Å². The van der Waals surface area contributed by atoms with E-state index >= 15 is 0 Å². The lowest BCUT2D eigenvalue weighted by Gasteiger charge is -2.16. The summed E-state index contributed by atoms with van der Waals surface area (Å²) in [5.41, 5.74) is 5.78. The minimum Gasteiger partial charge on any atom is -0.506 e. The number of hydrogen-bond donors (Lipinski definition) is 2. The van der Waals surface area contributed by atoms with Gasteiger partial charge >= 0.3 is 0 Å². The second kappa shape index (κ2) is 5.00. The molecular formula is C10H13ClN2O2. The molecule has 4 nitrogen and oxygen atoms in total. The molecule has 0 saturated carbocycles. The zero-order valence-corrected chi connectivity index (χ0v) is 9.16. The summed E-state index contributed by atoms with van der Waals surface area (Å²) in [4.78, 5) is 13.2. The van der Waals surface area contributed by atoms with Crippen LogP contribution >= 0.6 is 11.6 Å². The Balaban J connectivity index is 2.87. The standard InChI is InChI=1S/C10H13ClN2O2/c1-13(5-4-12)10(15)7-2-3-9(14)8(11)6-7/h2-3,6,14H,4-5,12H2,1H3. The van der Waals surface area contributed by atoms with E-state index in [1.54, 1.807) is 7.05 Å². The molecule has 0 aromatic heterocycles. The van der Waals surface area contributed by atoms with Crippen molar-refractivity contribution in [1.82, 2.24) is 4.90 Å². The van der Waals surface area contributed by atoms with Crippen molar-refractivity contribution in [2.75, 3.05) is 20.1 Å². The van der Waals surface area contributed by atoms with E-state index in [0.29, 0.717) is 18.7 Å². The summed E-state index contributed by atoms with van der Waals surface area (Å²) in [6, 6.07) is 4.36. The number of rotatable bonds is 3. The van der Waals surface area contributed by atoms with Crippen molar-refractivity contribution in [1.29, 1.82) is 0 Å². The Morgan fingerprint density at radius 2 is 2.27 bits per heavy atom. The summed E-state index contributed by atoms with van der Waals surface area (Å²) >= 11 is 5.69. The third kappa shape index (κ3) is 2.84. The predicted octanol–water partition coefficient (Wildman–Crippen LogP) is 1.08. The molecule has 0 saturated heterocycles. The van der Waals surface area contributed by atoms with Crippen LogP contribution in [0.4, 0.5) is 0 Å². The van der Waals surface area contributed by atoms with Gasteiger partial charge in [-0.2, -0.15) is 0 Å². The summed E-state index contributed by atoms with van der Waals surface area (Å²) in [5, 5.41) is 9.36. The molecule has 1 aromatic carbocycles. The highest BCUT2D eigenvalue weighted by Crippen LogP contribution is 2.23. The molecule has 1 rings (SSSR count). The molecule has 0 radical (unpaired) electrons. The highest BCUT2D eigenvalue weighted by molar-refractivity contribution is 6.32. The van der Waals surface area contributed by atoms with Crippen molar-refractivity contribution < 1.29 is 9.90 Å². The normalized spacial score (nSPS) is 10.1. The topological polar surface area (TPSA) is 66.6 Å². The Hall–Kier alpha value is -1.26. The molecule has 0 bridgehead atoms. The fraction of sp³-hybridized carbons (Fsp3) is 0.300. The number of hydrogen-bond acceptors (Lipinski definition) is 3. The van der Waals surface area contributed by atoms with Crippen LogP contribution in [0.5, 0.6) is 5.75 Å². The summed E-state index contributed by atoms with van der Waals surface area (Å²) in [6.45, 7) is 0.894. The summed E-state index contributed by atoms with van der Waals surface area (Å²) in [5.74, 6) is -0.197. The van der Waals surface area contributed by atoms with Gasteiger partial charge in [0.2, 0.25) is 0 Å². The molecule has 82 valence electrons. The van der Waals surface area contributed by atoms with Crippen LogP contribution in [0.15, 0.2) is 18.2 Å². The lowest BCUT2D eigenvalue weighted by molar-refractivity contribution is 0.0799. The largest absolute Gasteiger partial charge is 0.506 e. The summed E-state index contributed by atoms with van der Waals surface area (Å²) < 4.78 is 0. The minimum atomic E-state index is -0.164. The molecule has 15 heavy (non-hydrogen) atoms. The Bertz CT molecular complexity index is 368. The molecule has 3 N–H and O–H groups in total. The first-order valence-corrected chi connectivity index (χ1v) is 4.88. The average Bonchev–Trinajstić information content (AvgIpc) is 2.21. The number of phenolic OH excluding ortho intramolecular Hbond substituents is 1. The van der Waals surface area contributed by atoms with Crippen LogP contribution in [-0.2, 0) is 0 Å². The van der Waals surface area contributed by atoms with Gasteiger partial charge in [0.25, 0.3) is 5.91 Å². The van der Waals surface area contributed by atoms with E-state index in [2.05, 4.69) is 0 Å². The van der Waals surface area contributed by atoms with Crippen LogP contribution in [0.3, 0.4) is 0 Å². The van der Waals surface area contributed by atoms with Gasteiger partial charge in [-0.25, -0.2) is 0 Å². The first-order valence-electron chi connectivity index (χ1n) is 4.50. The van der Waals surface area contributed by atoms with Gasteiger partial charge in [0.05, 0.1) is 5.02 Å². The summed E-state index contributed by atoms with van der Waals surface area (Å²) in [7, 11) is 1.66. The highest BCUT2D eigenvalue weighted by Gasteiger charge is 2.12. The van der Waals surface area contributed by atoms with E-state index in [0.717, 1.165) is 0 Å². The highest BCUT2D eigenvalue weighted by atomic mass is 35.5. The van der Waals surface area contributed by atoms with Crippen molar-refractivity contribution >= 4 is 17.5 Å². The molecule has 0 heterocycles. The maximum Gasteiger partial charge on any atom is 0.253 e. The van der Waals surface area contributed by atoms with Gasteiger partial charge in [-0.05, 0) is 18.2 Å². The predicted molar refractivity (Wildman–Crippen MR) is 59.1 cm³/mol. The van der Waals surface area contributed by atoms with Crippen LogP contribution in [0, 0.1) is 0 Å². The second-order valence-electron chi connectivity index (χ2n) is 3.18. The fourth-order valence-corrected chi connectivity index (χ4v) is 1.34. The number of carbonyl (C=O) groups is 1. The number of phenols is 1. The van der Waals surface area contributed by atoms with E-state index in [-0.39, 0.29) is 16.7 Å². The molecule has 0 aliphatic carbocycles. The third-order valence-corrected chi connectivity index (χ3v) is 2.31. The monoisotopic (exact) mass is 228 g/mol. The molecule has 0 spiro atoms. The van der Waals surface area contributed by atoms with Gasteiger partial charge in [-0.1, -0.05) is 11.6 Å². The average molecular weight is 229 g/mol. The van der Waals surface area contributed by atoms with Gasteiger partial charge in [-0.15, -0.1) is 0 Å². The minimum absolute atomic E-state index is 0.0327. The number of nitrogens with two attached hydrogens (primary N) is 1. The quantitative estimate of drug-likeness (QED) is 0.814. The van der Waals surface area contributed by atoms with Crippen molar-refractivity contribution in [3.05, 3.63) is 28.8 Å². The summed E-state index contributed by atoms with van der Waals surface area (Å²) in [6.07, 6.45) is 0. The van der Waals surface area contributed by atoms with Crippen LogP contribution in [0.25, 0.3) is 0 Å². The molecule has 0 unspecified atom stereocenters. The van der Waals surface area contributed by atoms with Gasteiger partial charge in [0, 0.05) is 25.7 Å². The maximum atomic E-state index is 11.7. The van der Waals surface area contributed by atoms with Gasteiger partial charge in [0.15, 0.2) is 0 Å². The van der Waals surface area contributed by atoms with E-state index < -0.39 is 0 Å². The Morgan fingerprint density at radius 3 is 2.80 bits per heavy atom. The zero-order valence-electron chi connectivity index (χ0n) is 8.40. The van der Waals surface area contributed by atoms with Gasteiger partial charge in [-0.3, -0.25) is 4.79 Å². The van der Waals surface area contributed by atoms with Crippen molar-refractivity contribution in [2.24, 2.45) is 5.73 Å². The van der Waals surface area contributed by atoms with Gasteiger partial charge < -0.3 is 15.7 Å². The Labute approximate surface area is 93.2 Å². The molecule has 0 fully saturated rings. The zero-order chi connectivity index (χ0) is 11.4. The first-order chi connectivity index (χ1) is 7.06. The fourth-order valence-electron chi connectivity index (χ4n) is 1.16. The van der Waals surface area contributed by atoms with Crippen LogP contribution in [-0.4, -0.2) is 36.1 Å². The number of carbonyl (C=O) groups excluding carboxylic acids is 1. The molecule has 1 amide bonds. The molecule has 0 aliphatic heterocycles. The van der Waals surface area contributed by atoms with Crippen LogP contribution in [0.1, 0.15) is 10.4 Å². The Morgan fingerprint density at radius 1 is 1.60 bits per heavy atom. The Kier molecular flexibility index (Phi) is 3.94. The lowest BCUT2D eigenvalue weighted by Crippen LogP contribution is -2.31. The van der Waals surface area contributed by atoms with Gasteiger partial charge in [0.1, 0.15) is 5.75 Å². The molecule has 1 aromatic rings. The smallest absolute Gasteiger partial charge is 0.253 e. The van der Waals surface area contributed by atoms with Crippen molar-refractivity contribution in [3.8, 4) is 5.75 Å². The molecule has 5 heteroatoms. The van der Waals surface area contributed by atoms with E-state index in [4.69, 9.17) is 17.3 Å². The second-order valence-corrected chi connectivity index (χ2v) is 3.59. The first kappa shape index (κ1) is 11.8. The number of aromatic hydroxyl groups is 1. The number of halogens is 1. The molecule has 0 aliphatic rings. The number of amides is 1. The third-order valence-electron chi connectivity index (χ3n) is 2.01. The lowest BCUT2D eigenvalue weighted by atomic mass is 10.2. The molecular weight excluding hydrogens is 216 g/mol. The SMILES string of the molecule is CN(CCN)C(=O)c1ccc(O)c(Cl)c1. The number of nitrogens with zero attached hydrogens (tertiary/aromatic N) is 1. The van der Waals surface area contributed by atoms with Crippen LogP contribution < -0.4 is 5.73 Å². The maximum absolute atomic E-state index is 11.7. The van der Waals surface area contributed by atoms with Crippen molar-refractivity contribution in [2.45, 2.75) is 0 Å². The number of likely N-dealkylation sites (N-methyl/N-ethyl adjacent to an activating group) is 1. The van der Waals surface area contributed by atoms with Crippen LogP contribution in [0.2, 0.25) is 5.02 Å². The number of benzene rings is 1. The van der Waals surface area contributed by atoms with E-state index in [1.807, 2.05) is 0 Å².